The fourth-order valence-electron chi connectivity index (χ4n) is 5.61. The average Bonchev–Trinajstić information content (AvgIpc) is 3.26. The smallest absolute Gasteiger partial charge is 0.426 e. The third-order valence-corrected chi connectivity index (χ3v) is 8.83. The molecule has 0 aliphatic rings. The Morgan fingerprint density at radius 2 is 0.984 bits per heavy atom. The Balaban J connectivity index is 1.12. The van der Waals surface area contributed by atoms with Crippen molar-refractivity contribution >= 4 is 35.5 Å². The third-order valence-electron chi connectivity index (χ3n) is 8.83. The number of alkyl halides is 4. The number of nitriles is 2. The van der Waals surface area contributed by atoms with Gasteiger partial charge in [0.1, 0.15) is 49.4 Å². The molecule has 0 heterocycles. The van der Waals surface area contributed by atoms with Gasteiger partial charge < -0.3 is 39.9 Å². The molecule has 63 heavy (non-hydrogen) atoms. The molecule has 5 aromatic carbocycles. The summed E-state index contributed by atoms with van der Waals surface area (Å²) in [6.07, 6.45) is -1.93. The SMILES string of the molecule is N#CCCOc1ccc(C(F)(F)Oc2ccc(/C=C/C(=O)OCC(COC(=O)/C=C/c3ccc(OC(F)(F)c4ccc(OCCC#N)cc4)cc3)c3ccc(N)cc3N)cc2)cc1. The van der Waals surface area contributed by atoms with Crippen LogP contribution in [0.1, 0.15) is 46.6 Å². The minimum Gasteiger partial charge on any atom is -0.493 e. The highest BCUT2D eigenvalue weighted by Gasteiger charge is 2.35. The maximum atomic E-state index is 14.8. The van der Waals surface area contributed by atoms with Crippen molar-refractivity contribution in [3.05, 3.63) is 155 Å². The summed E-state index contributed by atoms with van der Waals surface area (Å²) in [6, 6.07) is 29.7. The monoisotopic (exact) mass is 864 g/mol. The normalized spacial score (nSPS) is 11.5. The molecule has 5 rings (SSSR count). The van der Waals surface area contributed by atoms with Crippen molar-refractivity contribution in [3.63, 3.8) is 0 Å². The number of esters is 2. The zero-order chi connectivity index (χ0) is 45.2. The Hall–Kier alpha value is -7.98. The number of hydrogen-bond acceptors (Lipinski definition) is 12. The molecule has 0 radical (unpaired) electrons. The van der Waals surface area contributed by atoms with Gasteiger partial charge in [-0.2, -0.15) is 28.1 Å². The Morgan fingerprint density at radius 1 is 0.587 bits per heavy atom. The topological polar surface area (TPSA) is 189 Å². The van der Waals surface area contributed by atoms with Gasteiger partial charge in [-0.25, -0.2) is 9.59 Å². The summed E-state index contributed by atoms with van der Waals surface area (Å²) >= 11 is 0. The first kappa shape index (κ1) is 46.1. The van der Waals surface area contributed by atoms with Crippen molar-refractivity contribution < 1.29 is 55.6 Å². The summed E-state index contributed by atoms with van der Waals surface area (Å²) in [7, 11) is 0. The van der Waals surface area contributed by atoms with Gasteiger partial charge in [0.15, 0.2) is 0 Å². The molecule has 0 aliphatic carbocycles. The first-order valence-electron chi connectivity index (χ1n) is 19.1. The largest absolute Gasteiger partial charge is 0.493 e. The number of rotatable bonds is 21. The molecule has 12 nitrogen and oxygen atoms in total. The van der Waals surface area contributed by atoms with E-state index in [0.29, 0.717) is 33.9 Å². The molecule has 16 heteroatoms. The number of anilines is 2. The van der Waals surface area contributed by atoms with Crippen LogP contribution < -0.4 is 30.4 Å². The number of halogens is 4. The standard InChI is InChI=1S/C47H40F4N4O8/c48-46(49,35-9-18-38(19-10-35)58-27-1-25-52)62-40-14-3-32(4-15-40)7-23-44(56)60-30-34(42-22-13-37(54)29-43(42)55)31-61-45(57)24-8-33-5-16-41(17-6-33)63-47(50,51)36-11-20-39(21-12-36)59-28-2-26-53/h3-24,29,34H,1-2,27-28,30-31,54-55H2/b23-7+,24-8+. The Kier molecular flexibility index (Phi) is 16.1. The van der Waals surface area contributed by atoms with Gasteiger partial charge in [0.25, 0.3) is 0 Å². The van der Waals surface area contributed by atoms with Gasteiger partial charge >= 0.3 is 24.2 Å². The summed E-state index contributed by atoms with van der Waals surface area (Å²) in [4.78, 5) is 25.5. The molecule has 0 fully saturated rings. The molecule has 4 N–H and O–H groups in total. The molecule has 0 atom stereocenters. The van der Waals surface area contributed by atoms with Crippen molar-refractivity contribution in [1.29, 1.82) is 10.5 Å². The van der Waals surface area contributed by atoms with Crippen molar-refractivity contribution in [2.45, 2.75) is 31.0 Å². The molecule has 0 spiro atoms. The number of nitrogens with zero attached hydrogens (tertiary/aromatic N) is 2. The zero-order valence-corrected chi connectivity index (χ0v) is 33.4. The molecule has 0 bridgehead atoms. The van der Waals surface area contributed by atoms with Crippen LogP contribution in [0.3, 0.4) is 0 Å². The highest BCUT2D eigenvalue weighted by atomic mass is 19.3. The molecule has 0 amide bonds. The number of nitrogen functional groups attached to an aromatic ring is 2. The third kappa shape index (κ3) is 14.3. The second-order valence-electron chi connectivity index (χ2n) is 13.4. The van der Waals surface area contributed by atoms with Crippen LogP contribution in [0.5, 0.6) is 23.0 Å². The van der Waals surface area contributed by atoms with Crippen molar-refractivity contribution in [2.24, 2.45) is 0 Å². The van der Waals surface area contributed by atoms with E-state index in [0.717, 1.165) is 36.4 Å². The first-order chi connectivity index (χ1) is 30.2. The number of carbonyl (C=O) groups excluding carboxylic acids is 2. The number of benzene rings is 5. The van der Waals surface area contributed by atoms with Gasteiger partial charge in [0, 0.05) is 23.5 Å². The van der Waals surface area contributed by atoms with E-state index in [2.05, 4.69) is 0 Å². The van der Waals surface area contributed by atoms with Crippen LogP contribution in [-0.4, -0.2) is 38.4 Å². The van der Waals surface area contributed by atoms with Crippen LogP contribution in [0.2, 0.25) is 0 Å². The van der Waals surface area contributed by atoms with Crippen LogP contribution in [0, 0.1) is 22.7 Å². The van der Waals surface area contributed by atoms with E-state index in [1.54, 1.807) is 12.1 Å². The highest BCUT2D eigenvalue weighted by molar-refractivity contribution is 5.87. The second kappa shape index (κ2) is 22.0. The van der Waals surface area contributed by atoms with Gasteiger partial charge in [-0.3, -0.25) is 0 Å². The number of nitrogens with two attached hydrogens (primary N) is 2. The summed E-state index contributed by atoms with van der Waals surface area (Å²) in [5.41, 5.74) is 13.3. The fraction of sp³-hybridized carbons (Fsp3) is 0.191. The molecule has 0 unspecified atom stereocenters. The Morgan fingerprint density at radius 3 is 1.37 bits per heavy atom. The minimum atomic E-state index is -3.66. The molecule has 0 aliphatic heterocycles. The number of hydrogen-bond donors (Lipinski definition) is 2. The van der Waals surface area contributed by atoms with Gasteiger partial charge in [-0.15, -0.1) is 0 Å². The van der Waals surface area contributed by atoms with E-state index < -0.39 is 41.2 Å². The molecule has 324 valence electrons. The van der Waals surface area contributed by atoms with E-state index in [1.165, 1.54) is 91.0 Å². The summed E-state index contributed by atoms with van der Waals surface area (Å²) in [6.45, 7) is -0.241. The van der Waals surface area contributed by atoms with Gasteiger partial charge in [0.2, 0.25) is 0 Å². The van der Waals surface area contributed by atoms with Crippen LogP contribution in [0.25, 0.3) is 12.2 Å². The summed E-state index contributed by atoms with van der Waals surface area (Å²) in [5, 5.41) is 17.2. The van der Waals surface area contributed by atoms with E-state index in [9.17, 15) is 27.2 Å². The fourth-order valence-corrected chi connectivity index (χ4v) is 5.61. The lowest BCUT2D eigenvalue weighted by molar-refractivity contribution is -0.186. The van der Waals surface area contributed by atoms with Crippen LogP contribution in [-0.2, 0) is 31.3 Å². The van der Waals surface area contributed by atoms with Crippen LogP contribution >= 0.6 is 0 Å². The van der Waals surface area contributed by atoms with Crippen LogP contribution in [0.4, 0.5) is 28.9 Å². The molecule has 0 saturated heterocycles. The molecular weight excluding hydrogens is 825 g/mol. The lowest BCUT2D eigenvalue weighted by atomic mass is 9.98. The zero-order valence-electron chi connectivity index (χ0n) is 33.4. The molecular formula is C47H40F4N4O8. The number of ether oxygens (including phenoxy) is 6. The van der Waals surface area contributed by atoms with Gasteiger partial charge in [-0.1, -0.05) is 30.3 Å². The van der Waals surface area contributed by atoms with Gasteiger partial charge in [0.05, 0.1) is 42.0 Å². The van der Waals surface area contributed by atoms with E-state index in [4.69, 9.17) is 50.4 Å². The highest BCUT2D eigenvalue weighted by Crippen LogP contribution is 2.34. The summed E-state index contributed by atoms with van der Waals surface area (Å²) < 4.78 is 90.7. The number of carbonyl (C=O) groups is 2. The van der Waals surface area contributed by atoms with Crippen molar-refractivity contribution in [3.8, 4) is 35.1 Å². The predicted molar refractivity (Wildman–Crippen MR) is 224 cm³/mol. The Bertz CT molecular complexity index is 2300. The summed E-state index contributed by atoms with van der Waals surface area (Å²) in [5.74, 6) is -1.81. The maximum absolute atomic E-state index is 14.8. The lowest BCUT2D eigenvalue weighted by Crippen LogP contribution is -2.21. The molecule has 0 aromatic heterocycles. The van der Waals surface area contributed by atoms with Gasteiger partial charge in [-0.05, 0) is 114 Å². The van der Waals surface area contributed by atoms with Crippen molar-refractivity contribution in [1.82, 2.24) is 0 Å². The Labute approximate surface area is 360 Å². The second-order valence-corrected chi connectivity index (χ2v) is 13.4. The maximum Gasteiger partial charge on any atom is 0.426 e. The van der Waals surface area contributed by atoms with Crippen molar-refractivity contribution in [2.75, 3.05) is 37.9 Å². The lowest BCUT2D eigenvalue weighted by Gasteiger charge is -2.19. The predicted octanol–water partition coefficient (Wildman–Crippen LogP) is 9.29. The average molecular weight is 865 g/mol. The molecule has 0 saturated carbocycles. The minimum absolute atomic E-state index is 0.131. The van der Waals surface area contributed by atoms with E-state index >= 15 is 0 Å². The first-order valence-corrected chi connectivity index (χ1v) is 19.1. The van der Waals surface area contributed by atoms with Crippen LogP contribution in [0.15, 0.2) is 127 Å². The molecule has 5 aromatic rings. The quantitative estimate of drug-likeness (QED) is 0.0234. The van der Waals surface area contributed by atoms with E-state index in [1.807, 2.05) is 12.1 Å². The van der Waals surface area contributed by atoms with E-state index in [-0.39, 0.29) is 56.5 Å².